The third-order valence-electron chi connectivity index (χ3n) is 2.93. The van der Waals surface area contributed by atoms with Crippen LogP contribution in [0.4, 0.5) is 0 Å². The third-order valence-corrected chi connectivity index (χ3v) is 3.83. The van der Waals surface area contributed by atoms with Crippen LogP contribution in [0.3, 0.4) is 0 Å². The minimum absolute atomic E-state index is 0.0845. The lowest BCUT2D eigenvalue weighted by Gasteiger charge is -2.22. The van der Waals surface area contributed by atoms with Crippen LogP contribution >= 0.6 is 11.3 Å². The summed E-state index contributed by atoms with van der Waals surface area (Å²) >= 11 is 1.42. The van der Waals surface area contributed by atoms with E-state index < -0.39 is 0 Å². The van der Waals surface area contributed by atoms with Crippen molar-refractivity contribution in [2.75, 3.05) is 20.2 Å². The third kappa shape index (κ3) is 2.05. The van der Waals surface area contributed by atoms with Gasteiger partial charge in [0.25, 0.3) is 5.91 Å². The fourth-order valence-electron chi connectivity index (χ4n) is 2.03. The summed E-state index contributed by atoms with van der Waals surface area (Å²) in [5.74, 6) is 0.832. The highest BCUT2D eigenvalue weighted by Crippen LogP contribution is 2.25. The fraction of sp³-hybridized carbons (Fsp3) is 0.545. The SMILES string of the molecule is COc1csc(C(=O)N2CCCC2CN)c1. The van der Waals surface area contributed by atoms with E-state index in [9.17, 15) is 4.79 Å². The standard InChI is InChI=1S/C11H16N2O2S/c1-15-9-5-10(16-7-9)11(14)13-4-2-3-8(13)6-12/h5,7-8H,2-4,6,12H2,1H3. The highest BCUT2D eigenvalue weighted by Gasteiger charge is 2.29. The number of hydrogen-bond donors (Lipinski definition) is 1. The van der Waals surface area contributed by atoms with Gasteiger partial charge < -0.3 is 15.4 Å². The van der Waals surface area contributed by atoms with Gasteiger partial charge in [-0.05, 0) is 12.8 Å². The van der Waals surface area contributed by atoms with Crippen molar-refractivity contribution in [3.05, 3.63) is 16.3 Å². The van der Waals surface area contributed by atoms with Crippen molar-refractivity contribution in [1.82, 2.24) is 4.90 Å². The zero-order chi connectivity index (χ0) is 11.5. The van der Waals surface area contributed by atoms with Crippen LogP contribution in [-0.2, 0) is 0 Å². The van der Waals surface area contributed by atoms with Gasteiger partial charge in [-0.2, -0.15) is 0 Å². The van der Waals surface area contributed by atoms with Crippen molar-refractivity contribution in [3.8, 4) is 5.75 Å². The molecule has 0 saturated carbocycles. The maximum atomic E-state index is 12.2. The normalized spacial score (nSPS) is 20.1. The lowest BCUT2D eigenvalue weighted by molar-refractivity contribution is 0.0746. The van der Waals surface area contributed by atoms with Gasteiger partial charge in [-0.25, -0.2) is 0 Å². The molecule has 1 atom stereocenters. The first-order valence-electron chi connectivity index (χ1n) is 5.40. The average Bonchev–Trinajstić information content (AvgIpc) is 2.96. The molecule has 0 aromatic carbocycles. The number of carbonyl (C=O) groups is 1. The van der Waals surface area contributed by atoms with Crippen LogP contribution < -0.4 is 10.5 Å². The molecule has 1 amide bonds. The number of nitrogens with zero attached hydrogens (tertiary/aromatic N) is 1. The lowest BCUT2D eigenvalue weighted by atomic mass is 10.2. The smallest absolute Gasteiger partial charge is 0.264 e. The molecule has 4 nitrogen and oxygen atoms in total. The molecule has 2 N–H and O–H groups in total. The van der Waals surface area contributed by atoms with Crippen molar-refractivity contribution in [2.24, 2.45) is 5.73 Å². The maximum Gasteiger partial charge on any atom is 0.264 e. The largest absolute Gasteiger partial charge is 0.496 e. The van der Waals surface area contributed by atoms with E-state index in [1.807, 2.05) is 10.3 Å². The number of likely N-dealkylation sites (tertiary alicyclic amines) is 1. The Balaban J connectivity index is 2.12. The van der Waals surface area contributed by atoms with E-state index in [1.165, 1.54) is 11.3 Å². The summed E-state index contributed by atoms with van der Waals surface area (Å²) in [6.07, 6.45) is 2.07. The van der Waals surface area contributed by atoms with Gasteiger partial charge in [0, 0.05) is 30.6 Å². The van der Waals surface area contributed by atoms with Gasteiger partial charge in [-0.15, -0.1) is 11.3 Å². The summed E-state index contributed by atoms with van der Waals surface area (Å²) in [7, 11) is 1.61. The summed E-state index contributed by atoms with van der Waals surface area (Å²) in [4.78, 5) is 14.8. The van der Waals surface area contributed by atoms with Gasteiger partial charge >= 0.3 is 0 Å². The fourth-order valence-corrected chi connectivity index (χ4v) is 2.84. The minimum atomic E-state index is 0.0845. The second kappa shape index (κ2) is 4.84. The first-order chi connectivity index (χ1) is 7.76. The second-order valence-electron chi connectivity index (χ2n) is 3.88. The molecule has 1 unspecified atom stereocenters. The van der Waals surface area contributed by atoms with Crippen molar-refractivity contribution in [1.29, 1.82) is 0 Å². The molecule has 1 aliphatic rings. The van der Waals surface area contributed by atoms with Crippen LogP contribution in [0.2, 0.25) is 0 Å². The van der Waals surface area contributed by atoms with Crippen LogP contribution in [0, 0.1) is 0 Å². The van der Waals surface area contributed by atoms with Crippen LogP contribution in [0.15, 0.2) is 11.4 Å². The Morgan fingerprint density at radius 3 is 3.19 bits per heavy atom. The molecule has 0 bridgehead atoms. The summed E-state index contributed by atoms with van der Waals surface area (Å²) in [5.41, 5.74) is 5.66. The zero-order valence-electron chi connectivity index (χ0n) is 9.31. The number of nitrogens with two attached hydrogens (primary N) is 1. The van der Waals surface area contributed by atoms with E-state index in [0.717, 1.165) is 30.0 Å². The van der Waals surface area contributed by atoms with Gasteiger partial charge in [-0.1, -0.05) is 0 Å². The number of methoxy groups -OCH3 is 1. The Labute approximate surface area is 99.0 Å². The van der Waals surface area contributed by atoms with Crippen LogP contribution in [-0.4, -0.2) is 37.0 Å². The van der Waals surface area contributed by atoms with Gasteiger partial charge in [-0.3, -0.25) is 4.79 Å². The lowest BCUT2D eigenvalue weighted by Crippen LogP contribution is -2.39. The van der Waals surface area contributed by atoms with E-state index in [2.05, 4.69) is 0 Å². The quantitative estimate of drug-likeness (QED) is 0.867. The van der Waals surface area contributed by atoms with Crippen molar-refractivity contribution >= 4 is 17.2 Å². The number of ether oxygens (including phenoxy) is 1. The number of hydrogen-bond acceptors (Lipinski definition) is 4. The molecule has 2 heterocycles. The Morgan fingerprint density at radius 1 is 1.75 bits per heavy atom. The van der Waals surface area contributed by atoms with Gasteiger partial charge in [0.1, 0.15) is 5.75 Å². The molecule has 1 fully saturated rings. The molecular weight excluding hydrogens is 224 g/mol. The molecule has 1 aromatic heterocycles. The van der Waals surface area contributed by atoms with Gasteiger partial charge in [0.15, 0.2) is 0 Å². The molecule has 1 aromatic rings. The highest BCUT2D eigenvalue weighted by molar-refractivity contribution is 7.12. The first-order valence-corrected chi connectivity index (χ1v) is 6.27. The van der Waals surface area contributed by atoms with E-state index in [4.69, 9.17) is 10.5 Å². The summed E-state index contributed by atoms with van der Waals surface area (Å²) in [6, 6.07) is 2.00. The minimum Gasteiger partial charge on any atom is -0.496 e. The van der Waals surface area contributed by atoms with E-state index in [1.54, 1.807) is 13.2 Å². The number of rotatable bonds is 3. The maximum absolute atomic E-state index is 12.2. The number of thiophene rings is 1. The predicted octanol–water partition coefficient (Wildman–Crippen LogP) is 1.32. The molecule has 1 aliphatic heterocycles. The van der Waals surface area contributed by atoms with E-state index >= 15 is 0 Å². The molecule has 0 aliphatic carbocycles. The molecule has 0 radical (unpaired) electrons. The second-order valence-corrected chi connectivity index (χ2v) is 4.79. The Kier molecular flexibility index (Phi) is 3.46. The van der Waals surface area contributed by atoms with Crippen LogP contribution in [0.25, 0.3) is 0 Å². The highest BCUT2D eigenvalue weighted by atomic mass is 32.1. The first kappa shape index (κ1) is 11.4. The van der Waals surface area contributed by atoms with E-state index in [-0.39, 0.29) is 11.9 Å². The molecule has 1 saturated heterocycles. The predicted molar refractivity (Wildman–Crippen MR) is 64.0 cm³/mol. The van der Waals surface area contributed by atoms with Gasteiger partial charge in [0.2, 0.25) is 0 Å². The number of amides is 1. The Bertz CT molecular complexity index is 378. The van der Waals surface area contributed by atoms with Gasteiger partial charge in [0.05, 0.1) is 12.0 Å². The average molecular weight is 240 g/mol. The molecule has 0 spiro atoms. The Hall–Kier alpha value is -1.07. The molecule has 16 heavy (non-hydrogen) atoms. The van der Waals surface area contributed by atoms with Crippen molar-refractivity contribution in [3.63, 3.8) is 0 Å². The molecule has 88 valence electrons. The van der Waals surface area contributed by atoms with Crippen molar-refractivity contribution < 1.29 is 9.53 Å². The van der Waals surface area contributed by atoms with Crippen molar-refractivity contribution in [2.45, 2.75) is 18.9 Å². The monoisotopic (exact) mass is 240 g/mol. The molecule has 2 rings (SSSR count). The Morgan fingerprint density at radius 2 is 2.56 bits per heavy atom. The summed E-state index contributed by atoms with van der Waals surface area (Å²) in [6.45, 7) is 1.37. The zero-order valence-corrected chi connectivity index (χ0v) is 10.1. The summed E-state index contributed by atoms with van der Waals surface area (Å²) < 4.78 is 5.08. The molecule has 5 heteroatoms. The van der Waals surface area contributed by atoms with Crippen LogP contribution in [0.5, 0.6) is 5.75 Å². The molecular formula is C11H16N2O2S. The topological polar surface area (TPSA) is 55.6 Å². The summed E-state index contributed by atoms with van der Waals surface area (Å²) in [5, 5.41) is 1.85. The number of carbonyl (C=O) groups excluding carboxylic acids is 1. The van der Waals surface area contributed by atoms with E-state index in [0.29, 0.717) is 6.54 Å². The van der Waals surface area contributed by atoms with Crippen LogP contribution in [0.1, 0.15) is 22.5 Å².